The summed E-state index contributed by atoms with van der Waals surface area (Å²) in [5.74, 6) is 0.592. The van der Waals surface area contributed by atoms with Gasteiger partial charge in [0.05, 0.1) is 6.54 Å². The third-order valence-electron chi connectivity index (χ3n) is 2.28. The van der Waals surface area contributed by atoms with Gasteiger partial charge in [-0.15, -0.1) is 0 Å². The van der Waals surface area contributed by atoms with Gasteiger partial charge in [0, 0.05) is 0 Å². The molecular formula is C12H26F3N. The standard InChI is InChI=1S/C8H14F3N.2C2H6/c1-7-2-4-12(5-3-7)6-8(9,10)11;2*1-2/h7H,2-6H2,1H3;2*1-2H3. The van der Waals surface area contributed by atoms with Gasteiger partial charge in [-0.2, -0.15) is 13.2 Å². The smallest absolute Gasteiger partial charge is 0.295 e. The average molecular weight is 241 g/mol. The van der Waals surface area contributed by atoms with E-state index < -0.39 is 12.7 Å². The summed E-state index contributed by atoms with van der Waals surface area (Å²) in [7, 11) is 0. The Hall–Kier alpha value is -0.250. The van der Waals surface area contributed by atoms with Crippen molar-refractivity contribution in [1.29, 1.82) is 0 Å². The lowest BCUT2D eigenvalue weighted by atomic mass is 9.99. The van der Waals surface area contributed by atoms with Crippen LogP contribution in [-0.4, -0.2) is 30.7 Å². The molecule has 1 aliphatic rings. The fourth-order valence-corrected chi connectivity index (χ4v) is 1.47. The molecule has 0 saturated carbocycles. The van der Waals surface area contributed by atoms with Gasteiger partial charge in [-0.1, -0.05) is 34.6 Å². The van der Waals surface area contributed by atoms with Gasteiger partial charge in [-0.05, 0) is 31.8 Å². The fraction of sp³-hybridized carbons (Fsp3) is 1.00. The van der Waals surface area contributed by atoms with Gasteiger partial charge in [-0.25, -0.2) is 0 Å². The van der Waals surface area contributed by atoms with E-state index in [9.17, 15) is 13.2 Å². The Labute approximate surface area is 98.0 Å². The molecule has 1 fully saturated rings. The van der Waals surface area contributed by atoms with Gasteiger partial charge in [0.25, 0.3) is 0 Å². The molecule has 0 spiro atoms. The van der Waals surface area contributed by atoms with Crippen LogP contribution in [0.25, 0.3) is 0 Å². The van der Waals surface area contributed by atoms with Crippen LogP contribution in [0.15, 0.2) is 0 Å². The molecular weight excluding hydrogens is 215 g/mol. The van der Waals surface area contributed by atoms with Crippen LogP contribution in [-0.2, 0) is 0 Å². The Balaban J connectivity index is 0. The Morgan fingerprint density at radius 3 is 1.69 bits per heavy atom. The summed E-state index contributed by atoms with van der Waals surface area (Å²) in [6, 6.07) is 0. The Morgan fingerprint density at radius 1 is 1.00 bits per heavy atom. The molecule has 1 nitrogen and oxygen atoms in total. The molecule has 0 radical (unpaired) electrons. The van der Waals surface area contributed by atoms with Crippen molar-refractivity contribution in [2.75, 3.05) is 19.6 Å². The van der Waals surface area contributed by atoms with E-state index in [1.54, 1.807) is 0 Å². The summed E-state index contributed by atoms with van der Waals surface area (Å²) in [4.78, 5) is 1.49. The van der Waals surface area contributed by atoms with Crippen molar-refractivity contribution in [2.24, 2.45) is 5.92 Å². The highest BCUT2D eigenvalue weighted by Crippen LogP contribution is 2.21. The molecule has 1 aliphatic heterocycles. The summed E-state index contributed by atoms with van der Waals surface area (Å²) in [6.45, 7) is 10.5. The Kier molecular flexibility index (Phi) is 11.3. The second kappa shape index (κ2) is 9.94. The highest BCUT2D eigenvalue weighted by Gasteiger charge is 2.31. The van der Waals surface area contributed by atoms with Gasteiger partial charge in [0.2, 0.25) is 0 Å². The molecule has 1 rings (SSSR count). The molecule has 0 aromatic heterocycles. The lowest BCUT2D eigenvalue weighted by Crippen LogP contribution is -2.39. The summed E-state index contributed by atoms with van der Waals surface area (Å²) >= 11 is 0. The quantitative estimate of drug-likeness (QED) is 0.660. The van der Waals surface area contributed by atoms with Crippen LogP contribution < -0.4 is 0 Å². The van der Waals surface area contributed by atoms with E-state index in [-0.39, 0.29) is 0 Å². The molecule has 0 bridgehead atoms. The van der Waals surface area contributed by atoms with E-state index in [0.29, 0.717) is 19.0 Å². The van der Waals surface area contributed by atoms with Crippen LogP contribution >= 0.6 is 0 Å². The van der Waals surface area contributed by atoms with Crippen LogP contribution in [0.2, 0.25) is 0 Å². The topological polar surface area (TPSA) is 3.24 Å². The van der Waals surface area contributed by atoms with Crippen LogP contribution in [0.3, 0.4) is 0 Å². The maximum atomic E-state index is 11.9. The van der Waals surface area contributed by atoms with Gasteiger partial charge < -0.3 is 0 Å². The van der Waals surface area contributed by atoms with Gasteiger partial charge in [0.15, 0.2) is 0 Å². The molecule has 4 heteroatoms. The van der Waals surface area contributed by atoms with Crippen molar-refractivity contribution < 1.29 is 13.2 Å². The summed E-state index contributed by atoms with van der Waals surface area (Å²) < 4.78 is 35.7. The van der Waals surface area contributed by atoms with Crippen molar-refractivity contribution in [3.8, 4) is 0 Å². The second-order valence-corrected chi connectivity index (χ2v) is 3.57. The molecule has 100 valence electrons. The lowest BCUT2D eigenvalue weighted by Gasteiger charge is -2.30. The highest BCUT2D eigenvalue weighted by atomic mass is 19.4. The van der Waals surface area contributed by atoms with E-state index in [1.165, 1.54) is 4.90 Å². The van der Waals surface area contributed by atoms with Crippen LogP contribution in [0, 0.1) is 5.92 Å². The predicted molar refractivity (Wildman–Crippen MR) is 63.6 cm³/mol. The number of halogens is 3. The van der Waals surface area contributed by atoms with Crippen molar-refractivity contribution in [1.82, 2.24) is 4.90 Å². The Bertz CT molecular complexity index is 138. The molecule has 0 amide bonds. The maximum absolute atomic E-state index is 11.9. The van der Waals surface area contributed by atoms with E-state index in [4.69, 9.17) is 0 Å². The van der Waals surface area contributed by atoms with Crippen molar-refractivity contribution >= 4 is 0 Å². The van der Waals surface area contributed by atoms with E-state index in [2.05, 4.69) is 6.92 Å². The highest BCUT2D eigenvalue weighted by molar-refractivity contribution is 4.71. The van der Waals surface area contributed by atoms with Gasteiger partial charge in [0.1, 0.15) is 0 Å². The number of rotatable bonds is 1. The zero-order chi connectivity index (χ0) is 13.2. The largest absolute Gasteiger partial charge is 0.401 e. The minimum Gasteiger partial charge on any atom is -0.295 e. The zero-order valence-electron chi connectivity index (χ0n) is 11.2. The first-order valence-electron chi connectivity index (χ1n) is 6.26. The summed E-state index contributed by atoms with van der Waals surface area (Å²) in [5, 5.41) is 0. The average Bonchev–Trinajstić information content (AvgIpc) is 2.25. The molecule has 0 aliphatic carbocycles. The second-order valence-electron chi connectivity index (χ2n) is 3.57. The summed E-state index contributed by atoms with van der Waals surface area (Å²) in [6.07, 6.45) is -2.23. The van der Waals surface area contributed by atoms with E-state index in [1.807, 2.05) is 27.7 Å². The third kappa shape index (κ3) is 10.3. The monoisotopic (exact) mass is 241 g/mol. The number of hydrogen-bond acceptors (Lipinski definition) is 1. The molecule has 1 heterocycles. The lowest BCUT2D eigenvalue weighted by molar-refractivity contribution is -0.148. The molecule has 0 unspecified atom stereocenters. The third-order valence-corrected chi connectivity index (χ3v) is 2.28. The number of likely N-dealkylation sites (tertiary alicyclic amines) is 1. The van der Waals surface area contributed by atoms with Gasteiger partial charge >= 0.3 is 6.18 Å². The number of alkyl halides is 3. The first-order chi connectivity index (χ1) is 7.47. The predicted octanol–water partition coefficient (Wildman–Crippen LogP) is 4.33. The normalized spacial score (nSPS) is 18.0. The summed E-state index contributed by atoms with van der Waals surface area (Å²) in [5.41, 5.74) is 0. The molecule has 1 saturated heterocycles. The maximum Gasteiger partial charge on any atom is 0.401 e. The van der Waals surface area contributed by atoms with Crippen molar-refractivity contribution in [3.05, 3.63) is 0 Å². The Morgan fingerprint density at radius 2 is 1.38 bits per heavy atom. The first kappa shape index (κ1) is 18.1. The van der Waals surface area contributed by atoms with Crippen molar-refractivity contribution in [3.63, 3.8) is 0 Å². The zero-order valence-corrected chi connectivity index (χ0v) is 11.2. The minimum atomic E-state index is -4.03. The molecule has 0 aromatic carbocycles. The van der Waals surface area contributed by atoms with Crippen molar-refractivity contribution in [2.45, 2.75) is 53.6 Å². The molecule has 16 heavy (non-hydrogen) atoms. The number of piperidine rings is 1. The van der Waals surface area contributed by atoms with E-state index in [0.717, 1.165) is 12.8 Å². The SMILES string of the molecule is CC.CC.CC1CCN(CC(F)(F)F)CC1. The van der Waals surface area contributed by atoms with Crippen LogP contribution in [0.1, 0.15) is 47.5 Å². The molecule has 0 N–H and O–H groups in total. The fourth-order valence-electron chi connectivity index (χ4n) is 1.47. The van der Waals surface area contributed by atoms with Gasteiger partial charge in [-0.3, -0.25) is 4.90 Å². The number of nitrogens with zero attached hydrogens (tertiary/aromatic N) is 1. The molecule has 0 aromatic rings. The minimum absolute atomic E-state index is 0.592. The van der Waals surface area contributed by atoms with Crippen LogP contribution in [0.4, 0.5) is 13.2 Å². The molecule has 0 atom stereocenters. The first-order valence-corrected chi connectivity index (χ1v) is 6.26. The van der Waals surface area contributed by atoms with E-state index >= 15 is 0 Å². The van der Waals surface area contributed by atoms with Crippen LogP contribution in [0.5, 0.6) is 0 Å². The number of hydrogen-bond donors (Lipinski definition) is 0.